The first-order chi connectivity index (χ1) is 9.88. The van der Waals surface area contributed by atoms with Gasteiger partial charge < -0.3 is 10.1 Å². The highest BCUT2D eigenvalue weighted by Crippen LogP contribution is 2.27. The van der Waals surface area contributed by atoms with Crippen LogP contribution in [0.2, 0.25) is 0 Å². The zero-order valence-corrected chi connectivity index (χ0v) is 12.5. The van der Waals surface area contributed by atoms with Gasteiger partial charge in [-0.05, 0) is 51.0 Å². The predicted octanol–water partition coefficient (Wildman–Crippen LogP) is 2.65. The van der Waals surface area contributed by atoms with Gasteiger partial charge in [-0.2, -0.15) is 0 Å². The minimum atomic E-state index is -0.261. The number of aryl methyl sites for hydroxylation is 3. The molecule has 0 fully saturated rings. The number of aromatic amines is 1. The van der Waals surface area contributed by atoms with Crippen LogP contribution in [0.3, 0.4) is 0 Å². The maximum atomic E-state index is 12.3. The highest BCUT2D eigenvalue weighted by molar-refractivity contribution is 5.87. The van der Waals surface area contributed by atoms with Crippen molar-refractivity contribution in [2.24, 2.45) is 0 Å². The maximum Gasteiger partial charge on any atom is 0.259 e. The van der Waals surface area contributed by atoms with Crippen LogP contribution < -0.4 is 5.56 Å². The number of hydrogen-bond donors (Lipinski definition) is 2. The second-order valence-electron chi connectivity index (χ2n) is 5.41. The Kier molecular flexibility index (Phi) is 2.86. The monoisotopic (exact) mass is 283 g/mol. The van der Waals surface area contributed by atoms with Crippen LogP contribution in [-0.4, -0.2) is 19.6 Å². The molecule has 3 rings (SSSR count). The number of benzene rings is 1. The van der Waals surface area contributed by atoms with E-state index in [1.54, 1.807) is 17.6 Å². The average molecular weight is 283 g/mol. The van der Waals surface area contributed by atoms with E-state index in [0.717, 1.165) is 33.7 Å². The van der Waals surface area contributed by atoms with E-state index in [1.165, 1.54) is 6.07 Å². The van der Waals surface area contributed by atoms with Gasteiger partial charge >= 0.3 is 0 Å². The normalized spacial score (nSPS) is 11.2. The molecule has 2 heterocycles. The molecule has 3 aromatic rings. The number of aromatic hydroxyl groups is 1. The Labute approximate surface area is 121 Å². The van der Waals surface area contributed by atoms with Crippen LogP contribution in [0.5, 0.6) is 5.75 Å². The summed E-state index contributed by atoms with van der Waals surface area (Å²) in [5, 5.41) is 9.57. The van der Waals surface area contributed by atoms with Gasteiger partial charge in [0.15, 0.2) is 0 Å². The van der Waals surface area contributed by atoms with E-state index in [1.807, 2.05) is 26.8 Å². The lowest BCUT2D eigenvalue weighted by atomic mass is 10.1. The van der Waals surface area contributed by atoms with Gasteiger partial charge in [0.25, 0.3) is 5.56 Å². The summed E-state index contributed by atoms with van der Waals surface area (Å²) < 4.78 is 1.60. The van der Waals surface area contributed by atoms with Crippen LogP contribution in [-0.2, 0) is 0 Å². The molecule has 5 heteroatoms. The van der Waals surface area contributed by atoms with Crippen molar-refractivity contribution >= 4 is 11.0 Å². The van der Waals surface area contributed by atoms with Gasteiger partial charge in [-0.25, -0.2) is 4.98 Å². The maximum absolute atomic E-state index is 12.3. The molecular formula is C16H17N3O2. The molecule has 0 aliphatic carbocycles. The van der Waals surface area contributed by atoms with Crippen molar-refractivity contribution in [3.63, 3.8) is 0 Å². The molecule has 2 aromatic heterocycles. The van der Waals surface area contributed by atoms with E-state index in [9.17, 15) is 9.90 Å². The summed E-state index contributed by atoms with van der Waals surface area (Å²) in [4.78, 5) is 20.1. The van der Waals surface area contributed by atoms with E-state index < -0.39 is 0 Å². The molecule has 0 amide bonds. The predicted molar refractivity (Wildman–Crippen MR) is 82.3 cm³/mol. The summed E-state index contributed by atoms with van der Waals surface area (Å²) in [6.45, 7) is 7.68. The van der Waals surface area contributed by atoms with Crippen molar-refractivity contribution in [3.05, 3.63) is 51.2 Å². The molecule has 0 bridgehead atoms. The fourth-order valence-electron chi connectivity index (χ4n) is 2.73. The Balaban J connectivity index is 2.51. The Morgan fingerprint density at radius 2 is 1.86 bits per heavy atom. The first-order valence-electron chi connectivity index (χ1n) is 6.78. The minimum Gasteiger partial charge on any atom is -0.508 e. The molecule has 108 valence electrons. The van der Waals surface area contributed by atoms with Gasteiger partial charge in [0.2, 0.25) is 0 Å². The lowest BCUT2D eigenvalue weighted by molar-refractivity contribution is 0.472. The zero-order valence-electron chi connectivity index (χ0n) is 12.5. The number of rotatable bonds is 1. The highest BCUT2D eigenvalue weighted by atomic mass is 16.3. The molecule has 0 aliphatic rings. The minimum absolute atomic E-state index is 0.0199. The fraction of sp³-hybridized carbons (Fsp3) is 0.250. The molecule has 1 aromatic carbocycles. The summed E-state index contributed by atoms with van der Waals surface area (Å²) >= 11 is 0. The second kappa shape index (κ2) is 4.48. The van der Waals surface area contributed by atoms with E-state index >= 15 is 0 Å². The molecule has 0 radical (unpaired) electrons. The Bertz CT molecular complexity index is 919. The van der Waals surface area contributed by atoms with Crippen LogP contribution >= 0.6 is 0 Å². The van der Waals surface area contributed by atoms with Gasteiger partial charge in [-0.15, -0.1) is 0 Å². The molecule has 0 saturated carbocycles. The molecular weight excluding hydrogens is 266 g/mol. The van der Waals surface area contributed by atoms with Crippen molar-refractivity contribution in [2.45, 2.75) is 27.7 Å². The topological polar surface area (TPSA) is 70.9 Å². The number of imidazole rings is 1. The van der Waals surface area contributed by atoms with Crippen molar-refractivity contribution in [1.29, 1.82) is 0 Å². The first-order valence-corrected chi connectivity index (χ1v) is 6.78. The van der Waals surface area contributed by atoms with Crippen molar-refractivity contribution in [2.75, 3.05) is 0 Å². The van der Waals surface area contributed by atoms with Gasteiger partial charge in [0, 0.05) is 11.8 Å². The molecule has 0 saturated heterocycles. The number of pyridine rings is 1. The highest BCUT2D eigenvalue weighted by Gasteiger charge is 2.16. The van der Waals surface area contributed by atoms with Gasteiger partial charge in [0.05, 0.1) is 11.2 Å². The largest absolute Gasteiger partial charge is 0.508 e. The first kappa shape index (κ1) is 13.4. The number of nitrogens with one attached hydrogen (secondary N) is 1. The molecule has 2 N–H and O–H groups in total. The van der Waals surface area contributed by atoms with E-state index in [2.05, 4.69) is 9.97 Å². The average Bonchev–Trinajstić information content (AvgIpc) is 2.72. The van der Waals surface area contributed by atoms with Crippen LogP contribution in [0, 0.1) is 27.7 Å². The van der Waals surface area contributed by atoms with Crippen LogP contribution in [0.25, 0.3) is 16.7 Å². The standard InChI is InChI=1S/C16H17N3O2/c1-8-5-13-15(18-11(4)17-13)16(10(8)3)19-9(2)6-12(20)7-14(19)21/h5-7,20H,1-4H3,(H,17,18). The molecule has 5 nitrogen and oxygen atoms in total. The third-order valence-electron chi connectivity index (χ3n) is 3.81. The smallest absolute Gasteiger partial charge is 0.259 e. The van der Waals surface area contributed by atoms with E-state index in [-0.39, 0.29) is 11.3 Å². The quantitative estimate of drug-likeness (QED) is 0.721. The van der Waals surface area contributed by atoms with Crippen LogP contribution in [0.4, 0.5) is 0 Å². The Hall–Kier alpha value is -2.56. The van der Waals surface area contributed by atoms with E-state index in [4.69, 9.17) is 0 Å². The summed E-state index contributed by atoms with van der Waals surface area (Å²) in [5.74, 6) is 0.786. The summed E-state index contributed by atoms with van der Waals surface area (Å²) in [5.41, 5.74) is 4.96. The number of fused-ring (bicyclic) bond motifs is 1. The van der Waals surface area contributed by atoms with Crippen LogP contribution in [0.15, 0.2) is 23.0 Å². The third kappa shape index (κ3) is 2.01. The number of nitrogens with zero attached hydrogens (tertiary/aromatic N) is 2. The molecule has 0 aliphatic heterocycles. The van der Waals surface area contributed by atoms with Crippen LogP contribution in [0.1, 0.15) is 22.6 Å². The molecule has 0 spiro atoms. The summed E-state index contributed by atoms with van der Waals surface area (Å²) in [7, 11) is 0. The number of hydrogen-bond acceptors (Lipinski definition) is 3. The van der Waals surface area contributed by atoms with E-state index in [0.29, 0.717) is 5.69 Å². The molecule has 0 atom stereocenters. The lowest BCUT2D eigenvalue weighted by Gasteiger charge is -2.15. The fourth-order valence-corrected chi connectivity index (χ4v) is 2.73. The van der Waals surface area contributed by atoms with Crippen molar-refractivity contribution in [1.82, 2.24) is 14.5 Å². The Morgan fingerprint density at radius 1 is 1.14 bits per heavy atom. The third-order valence-corrected chi connectivity index (χ3v) is 3.81. The zero-order chi connectivity index (χ0) is 15.3. The molecule has 0 unspecified atom stereocenters. The molecule has 21 heavy (non-hydrogen) atoms. The number of H-pyrrole nitrogens is 1. The number of aromatic nitrogens is 3. The SMILES string of the molecule is Cc1nc2c(-n3c(C)cc(O)cc3=O)c(C)c(C)cc2[nH]1. The van der Waals surface area contributed by atoms with Gasteiger partial charge in [-0.3, -0.25) is 9.36 Å². The summed E-state index contributed by atoms with van der Waals surface area (Å²) in [6, 6.07) is 4.84. The lowest BCUT2D eigenvalue weighted by Crippen LogP contribution is -2.20. The van der Waals surface area contributed by atoms with Crippen molar-refractivity contribution in [3.8, 4) is 11.4 Å². The van der Waals surface area contributed by atoms with Gasteiger partial charge in [0.1, 0.15) is 17.1 Å². The second-order valence-corrected chi connectivity index (χ2v) is 5.41. The summed E-state index contributed by atoms with van der Waals surface area (Å²) in [6.07, 6.45) is 0. The Morgan fingerprint density at radius 3 is 2.52 bits per heavy atom. The van der Waals surface area contributed by atoms with Crippen molar-refractivity contribution < 1.29 is 5.11 Å². The van der Waals surface area contributed by atoms with Gasteiger partial charge in [-0.1, -0.05) is 0 Å².